The number of benzene rings is 2. The van der Waals surface area contributed by atoms with Crippen molar-refractivity contribution >= 4 is 11.9 Å². The summed E-state index contributed by atoms with van der Waals surface area (Å²) in [5.41, 5.74) is 7.39. The highest BCUT2D eigenvalue weighted by Crippen LogP contribution is 2.48. The Bertz CT molecular complexity index is 945. The minimum Gasteiger partial charge on any atom is -0.497 e. The molecule has 0 spiro atoms. The first-order valence-electron chi connectivity index (χ1n) is 9.74. The van der Waals surface area contributed by atoms with E-state index in [9.17, 15) is 14.7 Å². The second-order valence-electron chi connectivity index (χ2n) is 7.59. The molecule has 30 heavy (non-hydrogen) atoms. The average Bonchev–Trinajstić information content (AvgIpc) is 3.31. The first-order valence-corrected chi connectivity index (χ1v) is 9.74. The van der Waals surface area contributed by atoms with Crippen molar-refractivity contribution in [2.24, 2.45) is 11.7 Å². The SMILES string of the molecule is COc1ccc([C@@H]2[C@@H](CC(=O)O)[C@H](c3ccc4c(c3)OCO4)CN2CC(N)=O)cc1. The van der Waals surface area contributed by atoms with Crippen molar-refractivity contribution in [3.8, 4) is 17.2 Å². The molecule has 3 atom stereocenters. The normalized spacial score (nSPS) is 22.8. The molecule has 0 saturated carbocycles. The summed E-state index contributed by atoms with van der Waals surface area (Å²) < 4.78 is 16.1. The Hall–Kier alpha value is -3.26. The van der Waals surface area contributed by atoms with Crippen LogP contribution in [0.3, 0.4) is 0 Å². The topological polar surface area (TPSA) is 111 Å². The number of carbonyl (C=O) groups is 2. The number of carboxylic acid groups (broad SMARTS) is 1. The molecule has 0 radical (unpaired) electrons. The smallest absolute Gasteiger partial charge is 0.303 e. The number of aliphatic carboxylic acids is 1. The third-order valence-corrected chi connectivity index (χ3v) is 5.80. The van der Waals surface area contributed by atoms with E-state index in [-0.39, 0.29) is 37.6 Å². The first kappa shape index (κ1) is 20.0. The van der Waals surface area contributed by atoms with Gasteiger partial charge in [-0.25, -0.2) is 0 Å². The summed E-state index contributed by atoms with van der Waals surface area (Å²) in [4.78, 5) is 25.5. The van der Waals surface area contributed by atoms with Crippen molar-refractivity contribution in [2.45, 2.75) is 18.4 Å². The lowest BCUT2D eigenvalue weighted by Gasteiger charge is -2.28. The second-order valence-corrected chi connectivity index (χ2v) is 7.59. The van der Waals surface area contributed by atoms with Gasteiger partial charge >= 0.3 is 5.97 Å². The zero-order chi connectivity index (χ0) is 21.3. The van der Waals surface area contributed by atoms with Crippen molar-refractivity contribution in [1.82, 2.24) is 4.90 Å². The number of methoxy groups -OCH3 is 1. The van der Waals surface area contributed by atoms with Crippen LogP contribution < -0.4 is 19.9 Å². The first-order chi connectivity index (χ1) is 14.5. The van der Waals surface area contributed by atoms with Gasteiger partial charge in [-0.2, -0.15) is 0 Å². The Morgan fingerprint density at radius 1 is 1.13 bits per heavy atom. The highest BCUT2D eigenvalue weighted by Gasteiger charge is 2.44. The molecule has 2 aliphatic rings. The van der Waals surface area contributed by atoms with Crippen molar-refractivity contribution in [3.63, 3.8) is 0 Å². The monoisotopic (exact) mass is 412 g/mol. The molecule has 2 heterocycles. The molecule has 0 aromatic heterocycles. The van der Waals surface area contributed by atoms with Gasteiger partial charge in [0.1, 0.15) is 5.75 Å². The van der Waals surface area contributed by atoms with Crippen LogP contribution in [0.25, 0.3) is 0 Å². The summed E-state index contributed by atoms with van der Waals surface area (Å²) in [6, 6.07) is 12.9. The number of hydrogen-bond acceptors (Lipinski definition) is 6. The molecular formula is C22H24N2O6. The standard InChI is InChI=1S/C22H24N2O6/c1-28-15-5-2-13(3-6-15)22-16(9-21(26)27)17(10-24(22)11-20(23)25)14-4-7-18-19(8-14)30-12-29-18/h2-8,16-17,22H,9-12H2,1H3,(H2,23,25)(H,26,27)/t16-,17-,22+/m0/s1. The molecule has 4 rings (SSSR count). The van der Waals surface area contributed by atoms with Crippen LogP contribution in [0, 0.1) is 5.92 Å². The van der Waals surface area contributed by atoms with E-state index in [1.807, 2.05) is 47.4 Å². The molecule has 8 nitrogen and oxygen atoms in total. The summed E-state index contributed by atoms with van der Waals surface area (Å²) in [5.74, 6) is 0.334. The lowest BCUT2D eigenvalue weighted by molar-refractivity contribution is -0.138. The molecule has 158 valence electrons. The maximum Gasteiger partial charge on any atom is 0.303 e. The number of hydrogen-bond donors (Lipinski definition) is 2. The van der Waals surface area contributed by atoms with Gasteiger partial charge < -0.3 is 25.1 Å². The van der Waals surface area contributed by atoms with Crippen LogP contribution in [-0.4, -0.2) is 48.9 Å². The van der Waals surface area contributed by atoms with Gasteiger partial charge in [-0.3, -0.25) is 14.5 Å². The summed E-state index contributed by atoms with van der Waals surface area (Å²) in [5, 5.41) is 9.63. The Balaban J connectivity index is 1.73. The largest absolute Gasteiger partial charge is 0.497 e. The Kier molecular flexibility index (Phi) is 5.50. The van der Waals surface area contributed by atoms with E-state index in [4.69, 9.17) is 19.9 Å². The lowest BCUT2D eigenvalue weighted by atomic mass is 9.80. The molecule has 2 aliphatic heterocycles. The number of fused-ring (bicyclic) bond motifs is 1. The molecule has 1 amide bonds. The van der Waals surface area contributed by atoms with E-state index in [1.54, 1.807) is 7.11 Å². The van der Waals surface area contributed by atoms with Crippen LogP contribution in [0.4, 0.5) is 0 Å². The summed E-state index contributed by atoms with van der Waals surface area (Å²) >= 11 is 0. The van der Waals surface area contributed by atoms with Crippen molar-refractivity contribution in [2.75, 3.05) is 27.0 Å². The number of ether oxygens (including phenoxy) is 3. The maximum atomic E-state index is 11.8. The second kappa shape index (κ2) is 8.23. The number of primary amides is 1. The molecule has 2 aromatic rings. The van der Waals surface area contributed by atoms with Gasteiger partial charge in [-0.1, -0.05) is 18.2 Å². The molecule has 3 N–H and O–H groups in total. The fourth-order valence-corrected chi connectivity index (χ4v) is 4.57. The number of rotatable bonds is 7. The Morgan fingerprint density at radius 3 is 2.50 bits per heavy atom. The number of nitrogens with two attached hydrogens (primary N) is 1. The van der Waals surface area contributed by atoms with E-state index in [0.717, 1.165) is 11.1 Å². The van der Waals surface area contributed by atoms with Gasteiger partial charge in [0.2, 0.25) is 12.7 Å². The van der Waals surface area contributed by atoms with Gasteiger partial charge in [0.15, 0.2) is 11.5 Å². The fraction of sp³-hybridized carbons (Fsp3) is 0.364. The predicted molar refractivity (Wildman–Crippen MR) is 108 cm³/mol. The number of amides is 1. The predicted octanol–water partition coefficient (Wildman–Crippen LogP) is 2.14. The van der Waals surface area contributed by atoms with E-state index < -0.39 is 11.9 Å². The minimum absolute atomic E-state index is 0.0366. The van der Waals surface area contributed by atoms with Crippen LogP contribution in [-0.2, 0) is 9.59 Å². The molecule has 1 fully saturated rings. The van der Waals surface area contributed by atoms with Gasteiger partial charge in [0, 0.05) is 18.5 Å². The van der Waals surface area contributed by atoms with Crippen molar-refractivity contribution in [1.29, 1.82) is 0 Å². The number of carbonyl (C=O) groups excluding carboxylic acids is 1. The summed E-state index contributed by atoms with van der Waals surface area (Å²) in [6.45, 7) is 0.732. The number of nitrogens with zero attached hydrogens (tertiary/aromatic N) is 1. The van der Waals surface area contributed by atoms with E-state index >= 15 is 0 Å². The van der Waals surface area contributed by atoms with E-state index in [2.05, 4.69) is 0 Å². The Labute approximate surface area is 174 Å². The van der Waals surface area contributed by atoms with Crippen molar-refractivity contribution in [3.05, 3.63) is 53.6 Å². The van der Waals surface area contributed by atoms with E-state index in [1.165, 1.54) is 0 Å². The quantitative estimate of drug-likeness (QED) is 0.717. The highest BCUT2D eigenvalue weighted by molar-refractivity contribution is 5.76. The van der Waals surface area contributed by atoms with Crippen LogP contribution in [0.5, 0.6) is 17.2 Å². The van der Waals surface area contributed by atoms with E-state index in [0.29, 0.717) is 23.8 Å². The minimum atomic E-state index is -0.884. The van der Waals surface area contributed by atoms with Gasteiger partial charge in [-0.15, -0.1) is 0 Å². The molecule has 2 aromatic carbocycles. The van der Waals surface area contributed by atoms with Crippen molar-refractivity contribution < 1.29 is 28.9 Å². The highest BCUT2D eigenvalue weighted by atomic mass is 16.7. The molecule has 1 saturated heterocycles. The number of carboxylic acids is 1. The fourth-order valence-electron chi connectivity index (χ4n) is 4.57. The average molecular weight is 412 g/mol. The van der Waals surface area contributed by atoms with Crippen LogP contribution >= 0.6 is 0 Å². The third kappa shape index (κ3) is 3.91. The Morgan fingerprint density at radius 2 is 1.83 bits per heavy atom. The molecule has 0 unspecified atom stereocenters. The zero-order valence-corrected chi connectivity index (χ0v) is 16.6. The maximum absolute atomic E-state index is 11.8. The number of likely N-dealkylation sites (tertiary alicyclic amines) is 1. The summed E-state index contributed by atoms with van der Waals surface area (Å²) in [6.07, 6.45) is -0.0366. The lowest BCUT2D eigenvalue weighted by Crippen LogP contribution is -2.34. The van der Waals surface area contributed by atoms with Gasteiger partial charge in [0.25, 0.3) is 0 Å². The molecule has 8 heteroatoms. The van der Waals surface area contributed by atoms with Gasteiger partial charge in [0.05, 0.1) is 20.1 Å². The van der Waals surface area contributed by atoms with Crippen LogP contribution in [0.2, 0.25) is 0 Å². The molecule has 0 bridgehead atoms. The van der Waals surface area contributed by atoms with Crippen LogP contribution in [0.1, 0.15) is 29.5 Å². The zero-order valence-electron chi connectivity index (χ0n) is 16.6. The molecular weight excluding hydrogens is 388 g/mol. The van der Waals surface area contributed by atoms with Gasteiger partial charge in [-0.05, 0) is 41.3 Å². The molecule has 0 aliphatic carbocycles. The van der Waals surface area contributed by atoms with Crippen LogP contribution in [0.15, 0.2) is 42.5 Å². The summed E-state index contributed by atoms with van der Waals surface area (Å²) in [7, 11) is 1.59. The third-order valence-electron chi connectivity index (χ3n) is 5.80.